The van der Waals surface area contributed by atoms with Crippen LogP contribution >= 0.6 is 15.9 Å². The van der Waals surface area contributed by atoms with E-state index in [1.165, 1.54) is 0 Å². The molecule has 0 amide bonds. The average Bonchev–Trinajstić information content (AvgIpc) is 2.30. The molecule has 1 aliphatic rings. The molecule has 0 spiro atoms. The number of hydrogen-bond donors (Lipinski definition) is 0. The molecule has 1 aliphatic heterocycles. The molecule has 0 unspecified atom stereocenters. The highest BCUT2D eigenvalue weighted by atomic mass is 79.9. The van der Waals surface area contributed by atoms with Crippen molar-refractivity contribution < 1.29 is 0 Å². The molecule has 1 fully saturated rings. The predicted molar refractivity (Wildman–Crippen MR) is 64.1 cm³/mol. The van der Waals surface area contributed by atoms with E-state index in [9.17, 15) is 0 Å². The summed E-state index contributed by atoms with van der Waals surface area (Å²) >= 11 is 3.48. The third-order valence-electron chi connectivity index (χ3n) is 2.77. The van der Waals surface area contributed by atoms with E-state index in [2.05, 4.69) is 42.6 Å². The summed E-state index contributed by atoms with van der Waals surface area (Å²) in [6.07, 6.45) is 3.40. The number of likely N-dealkylation sites (N-methyl/N-ethyl adjacent to an activating group) is 1. The van der Waals surface area contributed by atoms with E-state index in [1.54, 1.807) is 12.5 Å². The largest absolute Gasteiger partial charge is 0.353 e. The number of nitrogens with zero attached hydrogens (tertiary/aromatic N) is 4. The summed E-state index contributed by atoms with van der Waals surface area (Å²) in [5, 5.41) is 0. The molecule has 4 nitrogen and oxygen atoms in total. The van der Waals surface area contributed by atoms with Crippen molar-refractivity contribution >= 4 is 21.7 Å². The zero-order chi connectivity index (χ0) is 10.7. The van der Waals surface area contributed by atoms with Gasteiger partial charge in [-0.2, -0.15) is 0 Å². The minimum Gasteiger partial charge on any atom is -0.353 e. The Bertz CT molecular complexity index is 323. The van der Waals surface area contributed by atoms with Gasteiger partial charge >= 0.3 is 0 Å². The van der Waals surface area contributed by atoms with Crippen LogP contribution in [-0.4, -0.2) is 47.6 Å². The molecular weight excluding hydrogens is 256 g/mol. The number of halogens is 1. The van der Waals surface area contributed by atoms with Gasteiger partial charge in [-0.3, -0.25) is 0 Å². The minimum absolute atomic E-state index is 0.981. The highest BCUT2D eigenvalue weighted by molar-refractivity contribution is 9.10. The first-order chi connectivity index (χ1) is 7.31. The Morgan fingerprint density at radius 3 is 2.67 bits per heavy atom. The molecule has 82 valence electrons. The SMILES string of the molecule is CCN1CCN(c2ncncc2Br)CC1. The van der Waals surface area contributed by atoms with Crippen LogP contribution in [-0.2, 0) is 0 Å². The van der Waals surface area contributed by atoms with Crippen LogP contribution in [0.3, 0.4) is 0 Å². The van der Waals surface area contributed by atoms with Crippen LogP contribution in [0.2, 0.25) is 0 Å². The van der Waals surface area contributed by atoms with E-state index in [1.807, 2.05) is 0 Å². The van der Waals surface area contributed by atoms with E-state index < -0.39 is 0 Å². The van der Waals surface area contributed by atoms with Gasteiger partial charge in [-0.25, -0.2) is 9.97 Å². The summed E-state index contributed by atoms with van der Waals surface area (Å²) in [7, 11) is 0. The van der Waals surface area contributed by atoms with Gasteiger partial charge in [-0.1, -0.05) is 6.92 Å². The maximum Gasteiger partial charge on any atom is 0.146 e. The highest BCUT2D eigenvalue weighted by Gasteiger charge is 2.18. The van der Waals surface area contributed by atoms with E-state index >= 15 is 0 Å². The smallest absolute Gasteiger partial charge is 0.146 e. The Kier molecular flexibility index (Phi) is 3.53. The molecule has 0 atom stereocenters. The molecule has 2 heterocycles. The van der Waals surface area contributed by atoms with Gasteiger partial charge in [0.05, 0.1) is 4.47 Å². The highest BCUT2D eigenvalue weighted by Crippen LogP contribution is 2.22. The molecule has 0 saturated carbocycles. The number of rotatable bonds is 2. The number of hydrogen-bond acceptors (Lipinski definition) is 4. The Morgan fingerprint density at radius 2 is 2.07 bits per heavy atom. The van der Waals surface area contributed by atoms with Gasteiger partial charge in [-0.15, -0.1) is 0 Å². The van der Waals surface area contributed by atoms with Crippen LogP contribution in [0.15, 0.2) is 17.0 Å². The molecule has 0 N–H and O–H groups in total. The van der Waals surface area contributed by atoms with Crippen molar-refractivity contribution in [2.45, 2.75) is 6.92 Å². The fourth-order valence-corrected chi connectivity index (χ4v) is 2.29. The Hall–Kier alpha value is -0.680. The van der Waals surface area contributed by atoms with Crippen molar-refractivity contribution in [3.05, 3.63) is 17.0 Å². The van der Waals surface area contributed by atoms with Gasteiger partial charge in [0.25, 0.3) is 0 Å². The van der Waals surface area contributed by atoms with Crippen LogP contribution in [0.25, 0.3) is 0 Å². The molecule has 5 heteroatoms. The molecule has 2 rings (SSSR count). The molecule has 0 bridgehead atoms. The minimum atomic E-state index is 0.981. The van der Waals surface area contributed by atoms with Crippen molar-refractivity contribution in [3.8, 4) is 0 Å². The standard InChI is InChI=1S/C10H15BrN4/c1-2-14-3-5-15(6-4-14)10-9(11)7-12-8-13-10/h7-8H,2-6H2,1H3. The van der Waals surface area contributed by atoms with Crippen LogP contribution in [0, 0.1) is 0 Å². The first kappa shape index (κ1) is 10.8. The van der Waals surface area contributed by atoms with E-state index in [0.717, 1.165) is 43.0 Å². The molecule has 0 radical (unpaired) electrons. The summed E-state index contributed by atoms with van der Waals surface area (Å²) in [4.78, 5) is 13.0. The number of anilines is 1. The lowest BCUT2D eigenvalue weighted by Gasteiger charge is -2.34. The summed E-state index contributed by atoms with van der Waals surface area (Å²) < 4.78 is 0.981. The van der Waals surface area contributed by atoms with E-state index in [4.69, 9.17) is 0 Å². The third kappa shape index (κ3) is 2.46. The van der Waals surface area contributed by atoms with Crippen LogP contribution < -0.4 is 4.90 Å². The molecule has 1 aromatic heterocycles. The number of piperazine rings is 1. The van der Waals surface area contributed by atoms with Crippen molar-refractivity contribution in [2.75, 3.05) is 37.6 Å². The van der Waals surface area contributed by atoms with E-state index in [0.29, 0.717) is 0 Å². The van der Waals surface area contributed by atoms with Crippen molar-refractivity contribution in [1.29, 1.82) is 0 Å². The van der Waals surface area contributed by atoms with Crippen molar-refractivity contribution in [2.24, 2.45) is 0 Å². The van der Waals surface area contributed by atoms with Gasteiger partial charge in [0.15, 0.2) is 0 Å². The molecule has 0 aliphatic carbocycles. The lowest BCUT2D eigenvalue weighted by Crippen LogP contribution is -2.46. The third-order valence-corrected chi connectivity index (χ3v) is 3.33. The second kappa shape index (κ2) is 4.90. The average molecular weight is 271 g/mol. The topological polar surface area (TPSA) is 32.3 Å². The van der Waals surface area contributed by atoms with Gasteiger partial charge in [0.2, 0.25) is 0 Å². The summed E-state index contributed by atoms with van der Waals surface area (Å²) in [6, 6.07) is 0. The Labute approximate surface area is 98.4 Å². The lowest BCUT2D eigenvalue weighted by molar-refractivity contribution is 0.270. The van der Waals surface area contributed by atoms with Gasteiger partial charge in [-0.05, 0) is 22.5 Å². The fraction of sp³-hybridized carbons (Fsp3) is 0.600. The first-order valence-electron chi connectivity index (χ1n) is 5.24. The monoisotopic (exact) mass is 270 g/mol. The van der Waals surface area contributed by atoms with Crippen LogP contribution in [0.4, 0.5) is 5.82 Å². The summed E-state index contributed by atoms with van der Waals surface area (Å²) in [6.45, 7) is 7.67. The molecule has 1 aromatic rings. The van der Waals surface area contributed by atoms with E-state index in [-0.39, 0.29) is 0 Å². The van der Waals surface area contributed by atoms with Gasteiger partial charge in [0, 0.05) is 32.4 Å². The lowest BCUT2D eigenvalue weighted by atomic mass is 10.3. The summed E-state index contributed by atoms with van der Waals surface area (Å²) in [5.41, 5.74) is 0. The van der Waals surface area contributed by atoms with Crippen LogP contribution in [0.5, 0.6) is 0 Å². The quantitative estimate of drug-likeness (QED) is 0.813. The predicted octanol–water partition coefficient (Wildman–Crippen LogP) is 1.38. The zero-order valence-electron chi connectivity index (χ0n) is 8.86. The van der Waals surface area contributed by atoms with Crippen molar-refractivity contribution in [1.82, 2.24) is 14.9 Å². The second-order valence-corrected chi connectivity index (χ2v) is 4.47. The Morgan fingerprint density at radius 1 is 1.33 bits per heavy atom. The van der Waals surface area contributed by atoms with Gasteiger partial charge < -0.3 is 9.80 Å². The molecule has 0 aromatic carbocycles. The second-order valence-electron chi connectivity index (χ2n) is 3.62. The van der Waals surface area contributed by atoms with Gasteiger partial charge in [0.1, 0.15) is 12.1 Å². The maximum atomic E-state index is 4.30. The zero-order valence-corrected chi connectivity index (χ0v) is 10.4. The molecular formula is C10H15BrN4. The van der Waals surface area contributed by atoms with Crippen molar-refractivity contribution in [3.63, 3.8) is 0 Å². The summed E-state index contributed by atoms with van der Waals surface area (Å²) in [5.74, 6) is 1.01. The van der Waals surface area contributed by atoms with Crippen LogP contribution in [0.1, 0.15) is 6.92 Å². The first-order valence-corrected chi connectivity index (χ1v) is 6.03. The fourth-order valence-electron chi connectivity index (χ4n) is 1.81. The number of aromatic nitrogens is 2. The molecule has 15 heavy (non-hydrogen) atoms. The Balaban J connectivity index is 2.04. The normalized spacial score (nSPS) is 18.1. The maximum absolute atomic E-state index is 4.30. The molecule has 1 saturated heterocycles.